The number of fused-ring (bicyclic) bond motifs is 2. The summed E-state index contributed by atoms with van der Waals surface area (Å²) in [6.45, 7) is 3.10. The maximum absolute atomic E-state index is 14.0. The van der Waals surface area contributed by atoms with Gasteiger partial charge in [0.15, 0.2) is 0 Å². The lowest BCUT2D eigenvalue weighted by molar-refractivity contribution is 0.0694. The number of nitrogens with two attached hydrogens (primary N) is 1. The molecule has 3 heterocycles. The van der Waals surface area contributed by atoms with E-state index in [9.17, 15) is 19.1 Å². The molecule has 1 saturated carbocycles. The number of carbonyl (C=O) groups is 1. The Morgan fingerprint density at radius 1 is 1.40 bits per heavy atom. The lowest BCUT2D eigenvalue weighted by atomic mass is 9.83. The SMILES string of the molecule is Cc1nc(N2C[C@H]3CC=C[C@@H](N)[C@H]3C2)c(Cl)c2c1c(=O)c(C(=O)O)cn2[C@@H]1C[C@@H]1F. The predicted molar refractivity (Wildman–Crippen MR) is 112 cm³/mol. The summed E-state index contributed by atoms with van der Waals surface area (Å²) in [5.41, 5.74) is 5.96. The van der Waals surface area contributed by atoms with E-state index in [0.717, 1.165) is 13.0 Å². The smallest absolute Gasteiger partial charge is 0.341 e. The molecular formula is C21H22ClFN4O3. The maximum Gasteiger partial charge on any atom is 0.341 e. The molecule has 2 aromatic heterocycles. The average Bonchev–Trinajstić information content (AvgIpc) is 3.25. The number of aromatic carboxylic acids is 1. The topological polar surface area (TPSA) is 101 Å². The highest BCUT2D eigenvalue weighted by Crippen LogP contribution is 2.44. The van der Waals surface area contributed by atoms with Gasteiger partial charge in [-0.15, -0.1) is 0 Å². The Balaban J connectivity index is 1.69. The van der Waals surface area contributed by atoms with Crippen molar-refractivity contribution >= 4 is 34.3 Å². The van der Waals surface area contributed by atoms with Crippen LogP contribution in [0.1, 0.15) is 34.9 Å². The number of carboxylic acid groups (broad SMARTS) is 1. The fraction of sp³-hybridized carbons (Fsp3) is 0.476. The van der Waals surface area contributed by atoms with Gasteiger partial charge in [-0.1, -0.05) is 23.8 Å². The van der Waals surface area contributed by atoms with Gasteiger partial charge in [-0.2, -0.15) is 0 Å². The molecule has 0 aromatic carbocycles. The minimum Gasteiger partial charge on any atom is -0.477 e. The van der Waals surface area contributed by atoms with Crippen LogP contribution in [0.2, 0.25) is 5.02 Å². The van der Waals surface area contributed by atoms with Crippen LogP contribution in [0.5, 0.6) is 0 Å². The van der Waals surface area contributed by atoms with Crippen molar-refractivity contribution in [2.45, 2.75) is 38.0 Å². The molecule has 2 aromatic rings. The number of carboxylic acids is 1. The zero-order valence-electron chi connectivity index (χ0n) is 16.4. The van der Waals surface area contributed by atoms with Crippen LogP contribution in [0.3, 0.4) is 0 Å². The summed E-state index contributed by atoms with van der Waals surface area (Å²) in [6, 6.07) is -0.554. The Morgan fingerprint density at radius 3 is 2.77 bits per heavy atom. The zero-order valence-corrected chi connectivity index (χ0v) is 17.1. The third-order valence-electron chi connectivity index (χ3n) is 6.63. The van der Waals surface area contributed by atoms with Crippen LogP contribution in [0, 0.1) is 18.8 Å². The molecule has 9 heteroatoms. The molecular weight excluding hydrogens is 411 g/mol. The van der Waals surface area contributed by atoms with Gasteiger partial charge >= 0.3 is 5.97 Å². The minimum atomic E-state index is -1.35. The van der Waals surface area contributed by atoms with Gasteiger partial charge in [0, 0.05) is 31.7 Å². The summed E-state index contributed by atoms with van der Waals surface area (Å²) in [6.07, 6.45) is 5.47. The number of halogens is 2. The number of hydrogen-bond acceptors (Lipinski definition) is 5. The first-order valence-electron chi connectivity index (χ1n) is 10.1. The largest absolute Gasteiger partial charge is 0.477 e. The second kappa shape index (κ2) is 6.78. The summed E-state index contributed by atoms with van der Waals surface area (Å²) in [5, 5.41) is 9.85. The van der Waals surface area contributed by atoms with Crippen molar-refractivity contribution < 1.29 is 14.3 Å². The molecule has 5 atom stereocenters. The van der Waals surface area contributed by atoms with Crippen LogP contribution in [0.15, 0.2) is 23.1 Å². The van der Waals surface area contributed by atoms with Crippen molar-refractivity contribution in [3.8, 4) is 0 Å². The molecule has 2 fully saturated rings. The highest BCUT2D eigenvalue weighted by Gasteiger charge is 2.42. The number of rotatable bonds is 3. The van der Waals surface area contributed by atoms with E-state index in [0.29, 0.717) is 35.4 Å². The zero-order chi connectivity index (χ0) is 21.3. The van der Waals surface area contributed by atoms with E-state index in [2.05, 4.69) is 16.0 Å². The number of nitrogens with zero attached hydrogens (tertiary/aromatic N) is 3. The van der Waals surface area contributed by atoms with Gasteiger partial charge in [0.2, 0.25) is 5.43 Å². The molecule has 3 aliphatic rings. The van der Waals surface area contributed by atoms with Crippen LogP contribution >= 0.6 is 11.6 Å². The molecule has 0 amide bonds. The number of aromatic nitrogens is 2. The van der Waals surface area contributed by atoms with Crippen LogP contribution in [-0.4, -0.2) is 45.9 Å². The number of hydrogen-bond donors (Lipinski definition) is 2. The molecule has 30 heavy (non-hydrogen) atoms. The summed E-state index contributed by atoms with van der Waals surface area (Å²) in [5.74, 6) is -0.125. The van der Waals surface area contributed by atoms with Gasteiger partial charge < -0.3 is 20.3 Å². The molecule has 1 saturated heterocycles. The highest BCUT2D eigenvalue weighted by atomic mass is 35.5. The molecule has 158 valence electrons. The van der Waals surface area contributed by atoms with E-state index in [4.69, 9.17) is 17.3 Å². The van der Waals surface area contributed by atoms with Crippen LogP contribution < -0.4 is 16.1 Å². The van der Waals surface area contributed by atoms with Crippen LogP contribution in [0.4, 0.5) is 10.2 Å². The first-order valence-corrected chi connectivity index (χ1v) is 10.4. The third kappa shape index (κ3) is 2.85. The number of pyridine rings is 2. The monoisotopic (exact) mass is 432 g/mol. The fourth-order valence-corrected chi connectivity index (χ4v) is 5.29. The van der Waals surface area contributed by atoms with E-state index < -0.39 is 29.2 Å². The normalized spacial score (nSPS) is 30.0. The van der Waals surface area contributed by atoms with E-state index in [-0.39, 0.29) is 22.9 Å². The van der Waals surface area contributed by atoms with Crippen molar-refractivity contribution in [1.82, 2.24) is 9.55 Å². The number of anilines is 1. The molecule has 0 bridgehead atoms. The van der Waals surface area contributed by atoms with Crippen molar-refractivity contribution in [2.75, 3.05) is 18.0 Å². The molecule has 0 unspecified atom stereocenters. The van der Waals surface area contributed by atoms with Crippen molar-refractivity contribution in [1.29, 1.82) is 0 Å². The third-order valence-corrected chi connectivity index (χ3v) is 6.97. The quantitative estimate of drug-likeness (QED) is 0.723. The highest BCUT2D eigenvalue weighted by molar-refractivity contribution is 6.37. The molecule has 3 N–H and O–H groups in total. The number of alkyl halides is 1. The summed E-state index contributed by atoms with van der Waals surface area (Å²) in [4.78, 5) is 31.2. The maximum atomic E-state index is 14.0. The molecule has 0 spiro atoms. The Hall–Kier alpha value is -2.45. The van der Waals surface area contributed by atoms with Gasteiger partial charge in [-0.05, 0) is 25.2 Å². The second-order valence-electron chi connectivity index (χ2n) is 8.53. The molecule has 2 aliphatic carbocycles. The first-order chi connectivity index (χ1) is 14.3. The lowest BCUT2D eigenvalue weighted by Gasteiger charge is -2.25. The van der Waals surface area contributed by atoms with Gasteiger partial charge in [0.25, 0.3) is 0 Å². The van der Waals surface area contributed by atoms with Crippen molar-refractivity contribution in [3.63, 3.8) is 0 Å². The molecule has 7 nitrogen and oxygen atoms in total. The summed E-state index contributed by atoms with van der Waals surface area (Å²) < 4.78 is 15.5. The Kier molecular flexibility index (Phi) is 4.41. The summed E-state index contributed by atoms with van der Waals surface area (Å²) >= 11 is 6.78. The average molecular weight is 433 g/mol. The summed E-state index contributed by atoms with van der Waals surface area (Å²) in [7, 11) is 0. The Morgan fingerprint density at radius 2 is 2.13 bits per heavy atom. The van der Waals surface area contributed by atoms with Gasteiger partial charge in [0.1, 0.15) is 22.6 Å². The van der Waals surface area contributed by atoms with Gasteiger partial charge in [-0.3, -0.25) is 4.79 Å². The van der Waals surface area contributed by atoms with Gasteiger partial charge in [-0.25, -0.2) is 14.2 Å². The number of allylic oxidation sites excluding steroid dienone is 1. The standard InChI is InChI=1S/C21H22ClFN4O3/c1-9-16-18(27(15-5-13(15)23)8-12(19(16)28)21(29)30)17(22)20(25-9)26-6-10-3-2-4-14(24)11(10)7-26/h2,4,8,10-11,13-15H,3,5-7,24H2,1H3,(H,29,30)/t10-,11+,13+,14-,15-/m1/s1. The number of aryl methyl sites for hydroxylation is 1. The molecule has 5 rings (SSSR count). The minimum absolute atomic E-state index is 0.0239. The Bertz CT molecular complexity index is 1160. The molecule has 1 aliphatic heterocycles. The second-order valence-corrected chi connectivity index (χ2v) is 8.91. The fourth-order valence-electron chi connectivity index (χ4n) is 4.93. The lowest BCUT2D eigenvalue weighted by Crippen LogP contribution is -2.35. The van der Waals surface area contributed by atoms with E-state index in [1.165, 1.54) is 10.8 Å². The van der Waals surface area contributed by atoms with Crippen molar-refractivity contribution in [2.24, 2.45) is 17.6 Å². The predicted octanol–water partition coefficient (Wildman–Crippen LogP) is 2.68. The van der Waals surface area contributed by atoms with E-state index in [1.54, 1.807) is 6.92 Å². The van der Waals surface area contributed by atoms with E-state index >= 15 is 0 Å². The first kappa shape index (κ1) is 19.5. The van der Waals surface area contributed by atoms with Crippen LogP contribution in [0.25, 0.3) is 10.9 Å². The van der Waals surface area contributed by atoms with Crippen LogP contribution in [-0.2, 0) is 0 Å². The van der Waals surface area contributed by atoms with E-state index in [1.807, 2.05) is 6.08 Å². The van der Waals surface area contributed by atoms with Gasteiger partial charge in [0.05, 0.1) is 22.6 Å². The van der Waals surface area contributed by atoms with Crippen molar-refractivity contribution in [3.05, 3.63) is 44.9 Å². The Labute approximate surface area is 176 Å². The molecule has 0 radical (unpaired) electrons.